The second-order valence-electron chi connectivity index (χ2n) is 7.81. The molecule has 2 bridgehead atoms. The van der Waals surface area contributed by atoms with Gasteiger partial charge >= 0.3 is 0 Å². The van der Waals surface area contributed by atoms with Gasteiger partial charge in [0.2, 0.25) is 0 Å². The highest BCUT2D eigenvalue weighted by molar-refractivity contribution is 9.10. The number of fused-ring (bicyclic) bond motifs is 1. The summed E-state index contributed by atoms with van der Waals surface area (Å²) in [5.41, 5.74) is 1.93. The summed E-state index contributed by atoms with van der Waals surface area (Å²) < 4.78 is 12.0. The number of phenols is 1. The van der Waals surface area contributed by atoms with Gasteiger partial charge in [-0.15, -0.1) is 0 Å². The minimum atomic E-state index is -0.513. The Morgan fingerprint density at radius 3 is 2.80 bits per heavy atom. The van der Waals surface area contributed by atoms with Crippen LogP contribution in [0.15, 0.2) is 10.5 Å². The van der Waals surface area contributed by atoms with Crippen LogP contribution in [0.1, 0.15) is 30.4 Å². The molecule has 4 rings (SSSR count). The number of methoxy groups -OCH3 is 2. The quantitative estimate of drug-likeness (QED) is 0.782. The van der Waals surface area contributed by atoms with Gasteiger partial charge in [0.15, 0.2) is 11.5 Å². The molecule has 2 fully saturated rings. The van der Waals surface area contributed by atoms with Crippen LogP contribution in [0, 0.1) is 5.92 Å². The number of likely N-dealkylation sites (N-methyl/N-ethyl adjacent to an activating group) is 1. The molecular formula is C19H26BrNO4. The number of likely N-dealkylation sites (tertiary alicyclic amines) is 1. The predicted molar refractivity (Wildman–Crippen MR) is 98.3 cm³/mol. The van der Waals surface area contributed by atoms with Gasteiger partial charge in [-0.05, 0) is 56.8 Å². The molecule has 1 heterocycles. The van der Waals surface area contributed by atoms with E-state index in [0.29, 0.717) is 24.1 Å². The average Bonchev–Trinajstić information content (AvgIpc) is 2.59. The van der Waals surface area contributed by atoms with E-state index in [1.807, 2.05) is 6.07 Å². The number of aliphatic hydroxyl groups is 1. The molecule has 2 aliphatic carbocycles. The SMILES string of the molecule is COc1cc(Br)c2c(c1O)[C@]13CCN(C)[C@H](C2)[C@@H]1CC(OC)C(O)C3. The van der Waals surface area contributed by atoms with Crippen molar-refractivity contribution >= 4 is 15.9 Å². The number of nitrogens with zero attached hydrogens (tertiary/aromatic N) is 1. The summed E-state index contributed by atoms with van der Waals surface area (Å²) in [7, 11) is 5.45. The molecule has 0 spiro atoms. The van der Waals surface area contributed by atoms with Gasteiger partial charge in [-0.1, -0.05) is 15.9 Å². The second-order valence-corrected chi connectivity index (χ2v) is 8.66. The summed E-state index contributed by atoms with van der Waals surface area (Å²) in [6, 6.07) is 2.26. The third-order valence-electron chi connectivity index (χ3n) is 6.89. The first kappa shape index (κ1) is 17.6. The van der Waals surface area contributed by atoms with Gasteiger partial charge in [0, 0.05) is 28.6 Å². The first-order valence-electron chi connectivity index (χ1n) is 8.93. The highest BCUT2D eigenvalue weighted by Crippen LogP contribution is 2.60. The Balaban J connectivity index is 1.94. The summed E-state index contributed by atoms with van der Waals surface area (Å²) in [6.45, 7) is 0.971. The van der Waals surface area contributed by atoms with Crippen LogP contribution in [-0.4, -0.2) is 61.2 Å². The van der Waals surface area contributed by atoms with Crippen LogP contribution in [0.3, 0.4) is 0 Å². The second kappa shape index (κ2) is 6.12. The van der Waals surface area contributed by atoms with E-state index in [4.69, 9.17) is 9.47 Å². The molecule has 0 aromatic heterocycles. The maximum absolute atomic E-state index is 11.0. The molecule has 1 aliphatic heterocycles. The molecule has 1 saturated heterocycles. The Bertz CT molecular complexity index is 696. The van der Waals surface area contributed by atoms with Crippen molar-refractivity contribution in [3.8, 4) is 11.5 Å². The number of hydrogen-bond acceptors (Lipinski definition) is 5. The Hall–Kier alpha value is -0.820. The zero-order valence-electron chi connectivity index (χ0n) is 15.0. The van der Waals surface area contributed by atoms with Gasteiger partial charge in [-0.3, -0.25) is 0 Å². The molecule has 138 valence electrons. The Morgan fingerprint density at radius 2 is 2.12 bits per heavy atom. The monoisotopic (exact) mass is 411 g/mol. The maximum atomic E-state index is 11.0. The first-order chi connectivity index (χ1) is 11.9. The van der Waals surface area contributed by atoms with Crippen molar-refractivity contribution in [3.63, 3.8) is 0 Å². The number of phenolic OH excluding ortho intramolecular Hbond substituents is 1. The van der Waals surface area contributed by atoms with E-state index in [0.717, 1.165) is 41.4 Å². The molecule has 5 nitrogen and oxygen atoms in total. The van der Waals surface area contributed by atoms with E-state index in [-0.39, 0.29) is 17.3 Å². The lowest BCUT2D eigenvalue weighted by atomic mass is 9.51. The minimum Gasteiger partial charge on any atom is -0.504 e. The van der Waals surface area contributed by atoms with Crippen molar-refractivity contribution in [2.75, 3.05) is 27.8 Å². The van der Waals surface area contributed by atoms with Gasteiger partial charge in [-0.25, -0.2) is 0 Å². The molecule has 1 saturated carbocycles. The number of ether oxygens (including phenoxy) is 2. The molecule has 5 atom stereocenters. The van der Waals surface area contributed by atoms with Gasteiger partial charge in [-0.2, -0.15) is 0 Å². The number of piperidine rings is 1. The van der Waals surface area contributed by atoms with E-state index in [9.17, 15) is 10.2 Å². The maximum Gasteiger partial charge on any atom is 0.161 e. The summed E-state index contributed by atoms with van der Waals surface area (Å²) in [5.74, 6) is 1.10. The molecule has 25 heavy (non-hydrogen) atoms. The number of rotatable bonds is 2. The third-order valence-corrected chi connectivity index (χ3v) is 7.60. The molecule has 1 aromatic rings. The fourth-order valence-corrected chi connectivity index (χ4v) is 6.24. The number of aromatic hydroxyl groups is 1. The smallest absolute Gasteiger partial charge is 0.161 e. The van der Waals surface area contributed by atoms with Crippen LogP contribution in [0.2, 0.25) is 0 Å². The van der Waals surface area contributed by atoms with Crippen LogP contribution < -0.4 is 4.74 Å². The molecule has 0 amide bonds. The highest BCUT2D eigenvalue weighted by Gasteiger charge is 2.58. The van der Waals surface area contributed by atoms with Crippen LogP contribution in [0.4, 0.5) is 0 Å². The van der Waals surface area contributed by atoms with E-state index < -0.39 is 6.10 Å². The van der Waals surface area contributed by atoms with E-state index in [1.165, 1.54) is 0 Å². The van der Waals surface area contributed by atoms with Gasteiger partial charge < -0.3 is 24.6 Å². The lowest BCUT2D eigenvalue weighted by Gasteiger charge is -2.60. The molecule has 1 aromatic carbocycles. The predicted octanol–water partition coefficient (Wildman–Crippen LogP) is 2.45. The number of benzene rings is 1. The van der Waals surface area contributed by atoms with Crippen LogP contribution in [0.25, 0.3) is 0 Å². The number of aliphatic hydroxyl groups excluding tert-OH is 1. The van der Waals surface area contributed by atoms with E-state index >= 15 is 0 Å². The van der Waals surface area contributed by atoms with E-state index in [2.05, 4.69) is 27.9 Å². The molecule has 3 aliphatic rings. The Kier molecular flexibility index (Phi) is 4.30. The van der Waals surface area contributed by atoms with Gasteiger partial charge in [0.1, 0.15) is 0 Å². The van der Waals surface area contributed by atoms with E-state index in [1.54, 1.807) is 14.2 Å². The van der Waals surface area contributed by atoms with Gasteiger partial charge in [0.05, 0.1) is 19.3 Å². The van der Waals surface area contributed by atoms with Crippen molar-refractivity contribution in [1.29, 1.82) is 0 Å². The van der Waals surface area contributed by atoms with Crippen molar-refractivity contribution in [3.05, 3.63) is 21.7 Å². The van der Waals surface area contributed by atoms with Crippen molar-refractivity contribution < 1.29 is 19.7 Å². The molecule has 6 heteroatoms. The highest BCUT2D eigenvalue weighted by atomic mass is 79.9. The fourth-order valence-electron chi connectivity index (χ4n) is 5.67. The van der Waals surface area contributed by atoms with Crippen LogP contribution >= 0.6 is 15.9 Å². The van der Waals surface area contributed by atoms with Crippen LogP contribution in [0.5, 0.6) is 11.5 Å². The van der Waals surface area contributed by atoms with Crippen LogP contribution in [-0.2, 0) is 16.6 Å². The third kappa shape index (κ3) is 2.37. The largest absolute Gasteiger partial charge is 0.504 e. The average molecular weight is 412 g/mol. The normalized spacial score (nSPS) is 37.3. The Morgan fingerprint density at radius 1 is 1.36 bits per heavy atom. The molecule has 2 N–H and O–H groups in total. The topological polar surface area (TPSA) is 62.2 Å². The lowest BCUT2D eigenvalue weighted by Crippen LogP contribution is -2.63. The lowest BCUT2D eigenvalue weighted by molar-refractivity contribution is -0.114. The number of halogens is 1. The first-order valence-corrected chi connectivity index (χ1v) is 9.72. The molecule has 0 radical (unpaired) electrons. The zero-order chi connectivity index (χ0) is 17.9. The van der Waals surface area contributed by atoms with Crippen molar-refractivity contribution in [2.24, 2.45) is 5.92 Å². The molecule has 2 unspecified atom stereocenters. The minimum absolute atomic E-state index is 0.134. The van der Waals surface area contributed by atoms with Crippen molar-refractivity contribution in [1.82, 2.24) is 4.90 Å². The summed E-state index contributed by atoms with van der Waals surface area (Å²) in [5, 5.41) is 21.7. The zero-order valence-corrected chi connectivity index (χ0v) is 16.5. The fraction of sp³-hybridized carbons (Fsp3) is 0.684. The van der Waals surface area contributed by atoms with Crippen molar-refractivity contribution in [2.45, 2.75) is 49.3 Å². The van der Waals surface area contributed by atoms with Gasteiger partial charge in [0.25, 0.3) is 0 Å². The Labute approximate surface area is 157 Å². The summed E-state index contributed by atoms with van der Waals surface area (Å²) in [4.78, 5) is 2.43. The number of hydrogen-bond donors (Lipinski definition) is 2. The standard InChI is InChI=1S/C19H26BrNO4/c1-21-5-4-19-9-14(22)15(24-2)7-11(19)13(21)6-10-12(20)8-16(25-3)18(23)17(10)19/h8,11,13-15,22-23H,4-7,9H2,1-3H3/t11-,13+,14?,15?,19-/m0/s1. The summed E-state index contributed by atoms with van der Waals surface area (Å²) in [6.07, 6.45) is 2.62. The summed E-state index contributed by atoms with van der Waals surface area (Å²) >= 11 is 3.69. The molecular weight excluding hydrogens is 386 g/mol.